The number of benzene rings is 1. The molecule has 0 spiro atoms. The first-order valence-corrected chi connectivity index (χ1v) is 6.66. The van der Waals surface area contributed by atoms with Gasteiger partial charge in [-0.25, -0.2) is 4.39 Å². The average Bonchev–Trinajstić information content (AvgIpc) is 2.46. The number of halogens is 1. The lowest BCUT2D eigenvalue weighted by atomic mass is 10.1. The van der Waals surface area contributed by atoms with Crippen molar-refractivity contribution in [3.05, 3.63) is 69.4 Å². The molecule has 1 heterocycles. The van der Waals surface area contributed by atoms with E-state index in [0.29, 0.717) is 24.1 Å². The van der Waals surface area contributed by atoms with Crippen molar-refractivity contribution in [2.45, 2.75) is 19.9 Å². The molecule has 2 rings (SSSR count). The Bertz CT molecular complexity index is 753. The summed E-state index contributed by atoms with van der Waals surface area (Å²) in [5, 5.41) is 8.75. The first-order chi connectivity index (χ1) is 10.1. The molecule has 0 atom stereocenters. The number of nitrogens with zero attached hydrogens (tertiary/aromatic N) is 1. The van der Waals surface area contributed by atoms with Crippen molar-refractivity contribution in [1.82, 2.24) is 4.57 Å². The van der Waals surface area contributed by atoms with Crippen LogP contribution in [0.25, 0.3) is 0 Å². The molecule has 2 aromatic rings. The maximum Gasteiger partial charge on any atom is 0.253 e. The molecule has 3 nitrogen and oxygen atoms in total. The second kappa shape index (κ2) is 6.87. The van der Waals surface area contributed by atoms with E-state index in [0.717, 1.165) is 5.56 Å². The van der Waals surface area contributed by atoms with Crippen LogP contribution in [-0.4, -0.2) is 16.3 Å². The van der Waals surface area contributed by atoms with E-state index in [4.69, 9.17) is 5.11 Å². The molecule has 1 aromatic carbocycles. The molecule has 0 saturated heterocycles. The molecule has 21 heavy (non-hydrogen) atoms. The number of aliphatic hydroxyl groups excluding tert-OH is 1. The first-order valence-electron chi connectivity index (χ1n) is 6.66. The highest BCUT2D eigenvalue weighted by atomic mass is 19.1. The topological polar surface area (TPSA) is 42.2 Å². The standard InChI is InChI=1S/C17H16FNO2/c1-13-5-4-9-19(17(13)21)12-15-7-8-16(18)11-14(15)6-2-3-10-20/h4-5,7-9,11,20H,3,10,12H2,1H3. The lowest BCUT2D eigenvalue weighted by molar-refractivity contribution is 0.305. The molecule has 1 aromatic heterocycles. The molecule has 1 N–H and O–H groups in total. The smallest absolute Gasteiger partial charge is 0.253 e. The predicted molar refractivity (Wildman–Crippen MR) is 79.5 cm³/mol. The number of hydrogen-bond acceptors (Lipinski definition) is 2. The largest absolute Gasteiger partial charge is 0.395 e. The van der Waals surface area contributed by atoms with Crippen LogP contribution in [-0.2, 0) is 6.54 Å². The zero-order valence-corrected chi connectivity index (χ0v) is 11.8. The Balaban J connectivity index is 2.38. The SMILES string of the molecule is Cc1cccn(Cc2ccc(F)cc2C#CCCO)c1=O. The van der Waals surface area contributed by atoms with E-state index in [1.165, 1.54) is 12.1 Å². The Morgan fingerprint density at radius 2 is 2.14 bits per heavy atom. The van der Waals surface area contributed by atoms with E-state index in [-0.39, 0.29) is 18.0 Å². The van der Waals surface area contributed by atoms with Crippen LogP contribution in [0.1, 0.15) is 23.1 Å². The molecule has 0 aliphatic rings. The molecule has 108 valence electrons. The van der Waals surface area contributed by atoms with Gasteiger partial charge in [-0.3, -0.25) is 4.79 Å². The van der Waals surface area contributed by atoms with E-state index >= 15 is 0 Å². The number of aromatic nitrogens is 1. The van der Waals surface area contributed by atoms with Gasteiger partial charge in [0.15, 0.2) is 0 Å². The number of hydrogen-bond donors (Lipinski definition) is 1. The summed E-state index contributed by atoms with van der Waals surface area (Å²) < 4.78 is 14.9. The monoisotopic (exact) mass is 285 g/mol. The van der Waals surface area contributed by atoms with Gasteiger partial charge in [0.2, 0.25) is 0 Å². The molecule has 0 radical (unpaired) electrons. The van der Waals surface area contributed by atoms with E-state index in [9.17, 15) is 9.18 Å². The summed E-state index contributed by atoms with van der Waals surface area (Å²) >= 11 is 0. The molecule has 0 bridgehead atoms. The number of pyridine rings is 1. The number of rotatable bonds is 3. The molecule has 0 unspecified atom stereocenters. The third-order valence-corrected chi connectivity index (χ3v) is 3.08. The van der Waals surface area contributed by atoms with Gasteiger partial charge in [-0.15, -0.1) is 0 Å². The van der Waals surface area contributed by atoms with Gasteiger partial charge in [0.25, 0.3) is 5.56 Å². The van der Waals surface area contributed by atoms with Crippen LogP contribution in [0.3, 0.4) is 0 Å². The molecule has 4 heteroatoms. The van der Waals surface area contributed by atoms with Gasteiger partial charge in [-0.2, -0.15) is 0 Å². The molecular weight excluding hydrogens is 269 g/mol. The molecule has 0 aliphatic carbocycles. The average molecular weight is 285 g/mol. The minimum Gasteiger partial charge on any atom is -0.395 e. The maximum atomic E-state index is 13.4. The molecule has 0 saturated carbocycles. The zero-order valence-electron chi connectivity index (χ0n) is 11.8. The van der Waals surface area contributed by atoms with Gasteiger partial charge < -0.3 is 9.67 Å². The molecule has 0 amide bonds. The van der Waals surface area contributed by atoms with Crippen LogP contribution in [0, 0.1) is 24.6 Å². The second-order valence-electron chi connectivity index (χ2n) is 4.70. The molecule has 0 fully saturated rings. The Kier molecular flexibility index (Phi) is 4.91. The zero-order chi connectivity index (χ0) is 15.2. The molecular formula is C17H16FNO2. The van der Waals surface area contributed by atoms with Crippen LogP contribution in [0.15, 0.2) is 41.3 Å². The fourth-order valence-corrected chi connectivity index (χ4v) is 1.98. The Morgan fingerprint density at radius 1 is 1.33 bits per heavy atom. The highest BCUT2D eigenvalue weighted by Gasteiger charge is 2.05. The highest BCUT2D eigenvalue weighted by molar-refractivity contribution is 5.42. The predicted octanol–water partition coefficient (Wildman–Crippen LogP) is 2.08. The van der Waals surface area contributed by atoms with E-state index in [1.807, 2.05) is 0 Å². The van der Waals surface area contributed by atoms with Crippen molar-refractivity contribution in [1.29, 1.82) is 0 Å². The van der Waals surface area contributed by atoms with Gasteiger partial charge in [0.05, 0.1) is 13.2 Å². The Labute approximate surface area is 122 Å². The maximum absolute atomic E-state index is 13.4. The minimum atomic E-state index is -0.372. The lowest BCUT2D eigenvalue weighted by Gasteiger charge is -2.09. The third-order valence-electron chi connectivity index (χ3n) is 3.08. The van der Waals surface area contributed by atoms with Crippen molar-refractivity contribution >= 4 is 0 Å². The summed E-state index contributed by atoms with van der Waals surface area (Å²) in [6, 6.07) is 7.89. The Morgan fingerprint density at radius 3 is 2.90 bits per heavy atom. The van der Waals surface area contributed by atoms with Gasteiger partial charge in [0.1, 0.15) is 5.82 Å². The highest BCUT2D eigenvalue weighted by Crippen LogP contribution is 2.11. The normalized spacial score (nSPS) is 10.0. The summed E-state index contributed by atoms with van der Waals surface area (Å²) in [6.45, 7) is 2.06. The summed E-state index contributed by atoms with van der Waals surface area (Å²) in [4.78, 5) is 12.0. The van der Waals surface area contributed by atoms with Crippen LogP contribution in [0.2, 0.25) is 0 Å². The number of aryl methyl sites for hydroxylation is 1. The van der Waals surface area contributed by atoms with Gasteiger partial charge in [-0.1, -0.05) is 24.0 Å². The van der Waals surface area contributed by atoms with E-state index < -0.39 is 0 Å². The molecule has 0 aliphatic heterocycles. The van der Waals surface area contributed by atoms with Crippen molar-refractivity contribution in [3.63, 3.8) is 0 Å². The van der Waals surface area contributed by atoms with Crippen molar-refractivity contribution in [2.24, 2.45) is 0 Å². The third kappa shape index (κ3) is 3.80. The van der Waals surface area contributed by atoms with Crippen LogP contribution in [0.4, 0.5) is 4.39 Å². The van der Waals surface area contributed by atoms with Gasteiger partial charge in [0, 0.05) is 23.7 Å². The first kappa shape index (κ1) is 15.0. The van der Waals surface area contributed by atoms with Crippen molar-refractivity contribution in [3.8, 4) is 11.8 Å². The van der Waals surface area contributed by atoms with E-state index in [2.05, 4.69) is 11.8 Å². The van der Waals surface area contributed by atoms with Crippen molar-refractivity contribution < 1.29 is 9.50 Å². The summed E-state index contributed by atoms with van der Waals surface area (Å²) in [7, 11) is 0. The lowest BCUT2D eigenvalue weighted by Crippen LogP contribution is -2.22. The minimum absolute atomic E-state index is 0.0328. The van der Waals surface area contributed by atoms with Crippen LogP contribution >= 0.6 is 0 Å². The second-order valence-corrected chi connectivity index (χ2v) is 4.70. The fourth-order valence-electron chi connectivity index (χ4n) is 1.98. The Hall–Kier alpha value is -2.38. The van der Waals surface area contributed by atoms with Crippen molar-refractivity contribution in [2.75, 3.05) is 6.61 Å². The fraction of sp³-hybridized carbons (Fsp3) is 0.235. The summed E-state index contributed by atoms with van der Waals surface area (Å²) in [5.74, 6) is 5.25. The number of aliphatic hydroxyl groups is 1. The van der Waals surface area contributed by atoms with E-state index in [1.54, 1.807) is 35.9 Å². The summed E-state index contributed by atoms with van der Waals surface area (Å²) in [6.07, 6.45) is 2.03. The van der Waals surface area contributed by atoms with Gasteiger partial charge >= 0.3 is 0 Å². The quantitative estimate of drug-likeness (QED) is 0.877. The summed E-state index contributed by atoms with van der Waals surface area (Å²) in [5.41, 5.74) is 1.90. The van der Waals surface area contributed by atoms with Crippen LogP contribution in [0.5, 0.6) is 0 Å². The van der Waals surface area contributed by atoms with Crippen LogP contribution < -0.4 is 5.56 Å². The van der Waals surface area contributed by atoms with Gasteiger partial charge in [-0.05, 0) is 30.7 Å².